The summed E-state index contributed by atoms with van der Waals surface area (Å²) in [6.07, 6.45) is 15.4. The van der Waals surface area contributed by atoms with Gasteiger partial charge in [-0.1, -0.05) is 37.1 Å². The molecule has 36 heavy (non-hydrogen) atoms. The molecule has 1 aliphatic rings. The molecule has 0 saturated heterocycles. The Morgan fingerprint density at radius 2 is 1.44 bits per heavy atom. The SMILES string of the molecule is C#CC#CC#CC#CC#CC#CC#CC#CCCOCC(CC)OCC(COC1C=CC=CC1)OC. The summed E-state index contributed by atoms with van der Waals surface area (Å²) in [5.74, 6) is 38.0. The highest BCUT2D eigenvalue weighted by Crippen LogP contribution is 2.09. The van der Waals surface area contributed by atoms with Crippen molar-refractivity contribution in [2.75, 3.05) is 33.5 Å². The molecule has 0 fully saturated rings. The lowest BCUT2D eigenvalue weighted by molar-refractivity contribution is -0.0860. The van der Waals surface area contributed by atoms with Crippen LogP contribution in [-0.2, 0) is 18.9 Å². The molecule has 0 N–H and O–H groups in total. The number of allylic oxidation sites excluding steroid dienone is 2. The first-order chi connectivity index (χ1) is 17.8. The summed E-state index contributed by atoms with van der Waals surface area (Å²) in [7, 11) is 1.67. The number of methoxy groups -OCH3 is 1. The van der Waals surface area contributed by atoms with Crippen LogP contribution in [0, 0.1) is 95.2 Å². The highest BCUT2D eigenvalue weighted by Gasteiger charge is 2.15. The van der Waals surface area contributed by atoms with Crippen molar-refractivity contribution < 1.29 is 18.9 Å². The Balaban J connectivity index is 2.20. The van der Waals surface area contributed by atoms with E-state index in [0.29, 0.717) is 32.8 Å². The quantitative estimate of drug-likeness (QED) is 0.321. The van der Waals surface area contributed by atoms with Crippen molar-refractivity contribution in [3.63, 3.8) is 0 Å². The average molecular weight is 477 g/mol. The molecular weight excluding hydrogens is 448 g/mol. The lowest BCUT2D eigenvalue weighted by Gasteiger charge is -2.22. The molecule has 0 radical (unpaired) electrons. The zero-order valence-electron chi connectivity index (χ0n) is 20.7. The smallest absolute Gasteiger partial charge is 0.104 e. The van der Waals surface area contributed by atoms with Crippen molar-refractivity contribution in [2.45, 2.75) is 44.5 Å². The highest BCUT2D eigenvalue weighted by molar-refractivity contribution is 5.45. The first-order valence-corrected chi connectivity index (χ1v) is 11.4. The van der Waals surface area contributed by atoms with E-state index in [1.54, 1.807) is 7.11 Å². The molecule has 4 heteroatoms. The first kappa shape index (κ1) is 29.8. The highest BCUT2D eigenvalue weighted by atomic mass is 16.6. The van der Waals surface area contributed by atoms with Gasteiger partial charge in [0.15, 0.2) is 0 Å². The maximum atomic E-state index is 5.94. The van der Waals surface area contributed by atoms with Gasteiger partial charge >= 0.3 is 0 Å². The van der Waals surface area contributed by atoms with Crippen molar-refractivity contribution in [3.05, 3.63) is 24.3 Å². The van der Waals surface area contributed by atoms with Gasteiger partial charge in [0.1, 0.15) is 6.10 Å². The Kier molecular flexibility index (Phi) is 18.7. The van der Waals surface area contributed by atoms with Gasteiger partial charge in [0.2, 0.25) is 0 Å². The summed E-state index contributed by atoms with van der Waals surface area (Å²) < 4.78 is 23.0. The van der Waals surface area contributed by atoms with Gasteiger partial charge in [0, 0.05) is 13.5 Å². The van der Waals surface area contributed by atoms with Crippen LogP contribution in [0.2, 0.25) is 0 Å². The summed E-state index contributed by atoms with van der Waals surface area (Å²) >= 11 is 0. The Morgan fingerprint density at radius 3 is 2.00 bits per heavy atom. The number of hydrogen-bond donors (Lipinski definition) is 0. The standard InChI is InChI=1S/C32H28O4/c1-4-6-7-8-9-10-11-12-13-14-15-16-17-18-19-23-26-34-27-30(5-2)35-28-32(33-3)29-36-31-24-21-20-22-25-31/h1,20-22,24,30-32H,5,23,25-29H2,2-3H3. The van der Waals surface area contributed by atoms with Crippen LogP contribution in [0.25, 0.3) is 0 Å². The van der Waals surface area contributed by atoms with Crippen LogP contribution in [-0.4, -0.2) is 51.8 Å². The minimum atomic E-state index is -0.121. The summed E-state index contributed by atoms with van der Waals surface area (Å²) in [6, 6.07) is 0. The first-order valence-electron chi connectivity index (χ1n) is 11.4. The fourth-order valence-electron chi connectivity index (χ4n) is 2.45. The second-order valence-corrected chi connectivity index (χ2v) is 6.91. The molecule has 0 amide bonds. The van der Waals surface area contributed by atoms with Crippen molar-refractivity contribution in [2.24, 2.45) is 0 Å². The minimum Gasteiger partial charge on any atom is -0.378 e. The van der Waals surface area contributed by atoms with E-state index in [1.165, 1.54) is 0 Å². The van der Waals surface area contributed by atoms with Gasteiger partial charge in [-0.15, -0.1) is 6.42 Å². The molecule has 180 valence electrons. The second kappa shape index (κ2) is 22.6. The van der Waals surface area contributed by atoms with Crippen LogP contribution in [0.3, 0.4) is 0 Å². The molecular formula is C32H28O4. The molecule has 0 heterocycles. The third-order valence-corrected chi connectivity index (χ3v) is 4.33. The molecule has 0 saturated carbocycles. The maximum absolute atomic E-state index is 5.94. The summed E-state index contributed by atoms with van der Waals surface area (Å²) in [6.45, 7) is 3.99. The van der Waals surface area contributed by atoms with E-state index in [1.807, 2.05) is 18.2 Å². The molecule has 0 aliphatic heterocycles. The Hall–Kier alpha value is -4.20. The molecule has 0 bridgehead atoms. The number of ether oxygens (including phenoxy) is 4. The van der Waals surface area contributed by atoms with Crippen LogP contribution in [0.15, 0.2) is 24.3 Å². The zero-order chi connectivity index (χ0) is 25.9. The fraction of sp³-hybridized carbons (Fsp3) is 0.375. The van der Waals surface area contributed by atoms with Crippen molar-refractivity contribution in [1.29, 1.82) is 0 Å². The lowest BCUT2D eigenvalue weighted by Crippen LogP contribution is -2.31. The van der Waals surface area contributed by atoms with E-state index >= 15 is 0 Å². The predicted molar refractivity (Wildman–Crippen MR) is 142 cm³/mol. The molecule has 0 aromatic carbocycles. The van der Waals surface area contributed by atoms with Gasteiger partial charge in [0.05, 0.1) is 38.6 Å². The van der Waals surface area contributed by atoms with Crippen LogP contribution < -0.4 is 0 Å². The van der Waals surface area contributed by atoms with E-state index in [-0.39, 0.29) is 18.3 Å². The molecule has 3 unspecified atom stereocenters. The van der Waals surface area contributed by atoms with E-state index in [2.05, 4.69) is 102 Å². The third-order valence-electron chi connectivity index (χ3n) is 4.33. The molecule has 0 aromatic heterocycles. The maximum Gasteiger partial charge on any atom is 0.104 e. The lowest BCUT2D eigenvalue weighted by atomic mass is 10.1. The van der Waals surface area contributed by atoms with Gasteiger partial charge in [-0.25, -0.2) is 0 Å². The van der Waals surface area contributed by atoms with Gasteiger partial charge in [-0.3, -0.25) is 0 Å². The van der Waals surface area contributed by atoms with Crippen LogP contribution in [0.5, 0.6) is 0 Å². The predicted octanol–water partition coefficient (Wildman–Crippen LogP) is 2.76. The van der Waals surface area contributed by atoms with Crippen molar-refractivity contribution in [3.8, 4) is 95.2 Å². The van der Waals surface area contributed by atoms with E-state index in [4.69, 9.17) is 25.4 Å². The van der Waals surface area contributed by atoms with E-state index < -0.39 is 0 Å². The largest absolute Gasteiger partial charge is 0.378 e. The molecule has 1 rings (SSSR count). The Morgan fingerprint density at radius 1 is 0.806 bits per heavy atom. The second-order valence-electron chi connectivity index (χ2n) is 6.91. The fourth-order valence-corrected chi connectivity index (χ4v) is 2.45. The van der Waals surface area contributed by atoms with E-state index in [0.717, 1.165) is 12.8 Å². The molecule has 0 aromatic rings. The molecule has 4 nitrogen and oxygen atoms in total. The van der Waals surface area contributed by atoms with Gasteiger partial charge in [0.25, 0.3) is 0 Å². The van der Waals surface area contributed by atoms with E-state index in [9.17, 15) is 0 Å². The van der Waals surface area contributed by atoms with Crippen LogP contribution >= 0.6 is 0 Å². The number of terminal acetylenes is 1. The van der Waals surface area contributed by atoms with Gasteiger partial charge in [-0.05, 0) is 95.7 Å². The molecule has 0 spiro atoms. The van der Waals surface area contributed by atoms with Crippen molar-refractivity contribution >= 4 is 0 Å². The average Bonchev–Trinajstić information content (AvgIpc) is 2.91. The molecule has 1 aliphatic carbocycles. The zero-order valence-corrected chi connectivity index (χ0v) is 20.7. The van der Waals surface area contributed by atoms with Gasteiger partial charge < -0.3 is 18.9 Å². The topological polar surface area (TPSA) is 36.9 Å². The Labute approximate surface area is 216 Å². The summed E-state index contributed by atoms with van der Waals surface area (Å²) in [5, 5.41) is 0. The number of rotatable bonds is 12. The number of hydrogen-bond acceptors (Lipinski definition) is 4. The van der Waals surface area contributed by atoms with Crippen LogP contribution in [0.4, 0.5) is 0 Å². The monoisotopic (exact) mass is 476 g/mol. The summed E-state index contributed by atoms with van der Waals surface area (Å²) in [4.78, 5) is 0. The molecule has 3 atom stereocenters. The minimum absolute atomic E-state index is 0.0110. The van der Waals surface area contributed by atoms with Crippen molar-refractivity contribution in [1.82, 2.24) is 0 Å². The summed E-state index contributed by atoms with van der Waals surface area (Å²) in [5.41, 5.74) is 0. The third kappa shape index (κ3) is 17.3. The Bertz CT molecular complexity index is 1210. The van der Waals surface area contributed by atoms with Gasteiger partial charge in [-0.2, -0.15) is 0 Å². The normalized spacial score (nSPS) is 13.6. The van der Waals surface area contributed by atoms with Crippen LogP contribution in [0.1, 0.15) is 26.2 Å².